The van der Waals surface area contributed by atoms with Gasteiger partial charge in [-0.2, -0.15) is 0 Å². The number of hydrogen-bond donors (Lipinski definition) is 0. The second kappa shape index (κ2) is 11.8. The maximum absolute atomic E-state index is 12.5. The lowest BCUT2D eigenvalue weighted by Gasteiger charge is -2.33. The predicted octanol–water partition coefficient (Wildman–Crippen LogP) is 4.49. The van der Waals surface area contributed by atoms with E-state index in [0.29, 0.717) is 19.3 Å². The van der Waals surface area contributed by atoms with Crippen molar-refractivity contribution in [3.05, 3.63) is 29.3 Å². The normalized spacial score (nSPS) is 14.7. The number of para-hydroxylation sites is 1. The molecule has 0 bridgehead atoms. The number of carbonyl (C=O) groups excluding carboxylic acids is 2. The van der Waals surface area contributed by atoms with Gasteiger partial charge in [0, 0.05) is 51.9 Å². The van der Waals surface area contributed by atoms with Crippen LogP contribution in [0.25, 0.3) is 0 Å². The zero-order valence-electron chi connectivity index (χ0n) is 18.7. The van der Waals surface area contributed by atoms with Crippen molar-refractivity contribution in [2.24, 2.45) is 0 Å². The summed E-state index contributed by atoms with van der Waals surface area (Å²) >= 11 is 0. The Morgan fingerprint density at radius 3 is 2.17 bits per heavy atom. The van der Waals surface area contributed by atoms with Crippen LogP contribution < -0.4 is 4.74 Å². The number of ether oxygens (including phenoxy) is 1. The zero-order chi connectivity index (χ0) is 21.2. The third kappa shape index (κ3) is 7.06. The molecule has 1 aliphatic rings. The SMILES string of the molecule is CCCN(CCC)C(=O)CCCC(=O)N1CCC(Oc2c(C)cccc2C)CC1. The fourth-order valence-corrected chi connectivity index (χ4v) is 3.98. The minimum absolute atomic E-state index is 0.164. The summed E-state index contributed by atoms with van der Waals surface area (Å²) in [4.78, 5) is 28.7. The molecule has 162 valence electrons. The molecule has 1 saturated heterocycles. The molecule has 5 heteroatoms. The van der Waals surface area contributed by atoms with Crippen molar-refractivity contribution in [1.29, 1.82) is 0 Å². The van der Waals surface area contributed by atoms with Gasteiger partial charge in [-0.25, -0.2) is 0 Å². The average molecular weight is 403 g/mol. The molecule has 1 heterocycles. The number of rotatable bonds is 10. The van der Waals surface area contributed by atoms with Gasteiger partial charge in [0.25, 0.3) is 0 Å². The molecule has 0 aliphatic carbocycles. The van der Waals surface area contributed by atoms with Crippen molar-refractivity contribution in [3.8, 4) is 5.75 Å². The third-order valence-corrected chi connectivity index (χ3v) is 5.61. The Hall–Kier alpha value is -2.04. The van der Waals surface area contributed by atoms with Gasteiger partial charge in [-0.05, 0) is 44.2 Å². The zero-order valence-corrected chi connectivity index (χ0v) is 18.7. The van der Waals surface area contributed by atoms with Crippen LogP contribution in [-0.2, 0) is 9.59 Å². The third-order valence-electron chi connectivity index (χ3n) is 5.61. The van der Waals surface area contributed by atoms with Crippen molar-refractivity contribution in [2.75, 3.05) is 26.2 Å². The molecule has 1 fully saturated rings. The Morgan fingerprint density at radius 2 is 1.62 bits per heavy atom. The Labute approximate surface area is 176 Å². The molecule has 0 unspecified atom stereocenters. The van der Waals surface area contributed by atoms with Crippen molar-refractivity contribution in [2.45, 2.75) is 78.7 Å². The fourth-order valence-electron chi connectivity index (χ4n) is 3.98. The number of benzene rings is 1. The highest BCUT2D eigenvalue weighted by atomic mass is 16.5. The van der Waals surface area contributed by atoms with Gasteiger partial charge >= 0.3 is 0 Å². The molecule has 2 rings (SSSR count). The van der Waals surface area contributed by atoms with E-state index in [1.54, 1.807) is 0 Å². The maximum Gasteiger partial charge on any atom is 0.222 e. The van der Waals surface area contributed by atoms with E-state index in [1.807, 2.05) is 15.9 Å². The van der Waals surface area contributed by atoms with Gasteiger partial charge in [0.1, 0.15) is 11.9 Å². The molecule has 0 N–H and O–H groups in total. The number of piperidine rings is 1. The van der Waals surface area contributed by atoms with Crippen LogP contribution in [0.5, 0.6) is 5.75 Å². The topological polar surface area (TPSA) is 49.9 Å². The lowest BCUT2D eigenvalue weighted by molar-refractivity contribution is -0.134. The quantitative estimate of drug-likeness (QED) is 0.579. The molecular formula is C24H38N2O3. The van der Waals surface area contributed by atoms with E-state index in [-0.39, 0.29) is 17.9 Å². The van der Waals surface area contributed by atoms with Crippen molar-refractivity contribution in [3.63, 3.8) is 0 Å². The van der Waals surface area contributed by atoms with Crippen molar-refractivity contribution in [1.82, 2.24) is 9.80 Å². The second-order valence-electron chi connectivity index (χ2n) is 8.15. The van der Waals surface area contributed by atoms with Gasteiger partial charge in [0.05, 0.1) is 0 Å². The molecule has 29 heavy (non-hydrogen) atoms. The summed E-state index contributed by atoms with van der Waals surface area (Å²) < 4.78 is 6.24. The number of likely N-dealkylation sites (tertiary alicyclic amines) is 1. The van der Waals surface area contributed by atoms with Crippen LogP contribution in [0.15, 0.2) is 18.2 Å². The summed E-state index contributed by atoms with van der Waals surface area (Å²) in [6.07, 6.45) is 5.40. The fraction of sp³-hybridized carbons (Fsp3) is 0.667. The smallest absolute Gasteiger partial charge is 0.222 e. The van der Waals surface area contributed by atoms with Crippen LogP contribution in [0.1, 0.15) is 69.9 Å². The van der Waals surface area contributed by atoms with Crippen LogP contribution >= 0.6 is 0 Å². The molecular weight excluding hydrogens is 364 g/mol. The predicted molar refractivity (Wildman–Crippen MR) is 117 cm³/mol. The Balaban J connectivity index is 1.72. The molecule has 1 aromatic rings. The number of hydrogen-bond acceptors (Lipinski definition) is 3. The first-order chi connectivity index (χ1) is 14.0. The molecule has 0 spiro atoms. The molecule has 0 atom stereocenters. The Kier molecular flexibility index (Phi) is 9.49. The van der Waals surface area contributed by atoms with Crippen LogP contribution in [0.3, 0.4) is 0 Å². The van der Waals surface area contributed by atoms with Crippen LogP contribution in [0.2, 0.25) is 0 Å². The minimum Gasteiger partial charge on any atom is -0.490 e. The van der Waals surface area contributed by atoms with E-state index in [1.165, 1.54) is 0 Å². The van der Waals surface area contributed by atoms with Crippen LogP contribution in [0.4, 0.5) is 0 Å². The molecule has 1 aliphatic heterocycles. The van der Waals surface area contributed by atoms with E-state index >= 15 is 0 Å². The molecule has 5 nitrogen and oxygen atoms in total. The highest BCUT2D eigenvalue weighted by molar-refractivity contribution is 5.79. The van der Waals surface area contributed by atoms with Gasteiger partial charge in [-0.15, -0.1) is 0 Å². The number of amides is 2. The van der Waals surface area contributed by atoms with E-state index < -0.39 is 0 Å². The molecule has 0 aromatic heterocycles. The lowest BCUT2D eigenvalue weighted by Crippen LogP contribution is -2.42. The molecule has 0 saturated carbocycles. The minimum atomic E-state index is 0.164. The van der Waals surface area contributed by atoms with Gasteiger partial charge < -0.3 is 14.5 Å². The highest BCUT2D eigenvalue weighted by Gasteiger charge is 2.24. The summed E-state index contributed by atoms with van der Waals surface area (Å²) in [6, 6.07) is 6.20. The Morgan fingerprint density at radius 1 is 1.03 bits per heavy atom. The monoisotopic (exact) mass is 402 g/mol. The van der Waals surface area contributed by atoms with Gasteiger partial charge in [0.2, 0.25) is 11.8 Å². The van der Waals surface area contributed by atoms with Gasteiger partial charge in [-0.3, -0.25) is 9.59 Å². The number of nitrogens with zero attached hydrogens (tertiary/aromatic N) is 2. The van der Waals surface area contributed by atoms with E-state index in [4.69, 9.17) is 4.74 Å². The van der Waals surface area contributed by atoms with Gasteiger partial charge in [0.15, 0.2) is 0 Å². The second-order valence-corrected chi connectivity index (χ2v) is 8.15. The summed E-state index contributed by atoms with van der Waals surface area (Å²) in [7, 11) is 0. The largest absolute Gasteiger partial charge is 0.490 e. The standard InChI is InChI=1S/C24H38N2O3/c1-5-15-25(16-6-2)22(27)11-8-12-23(28)26-17-13-21(14-18-26)29-24-19(3)9-7-10-20(24)4/h7,9-10,21H,5-6,8,11-18H2,1-4H3. The van der Waals surface area contributed by atoms with Gasteiger partial charge in [-0.1, -0.05) is 32.0 Å². The highest BCUT2D eigenvalue weighted by Crippen LogP contribution is 2.26. The van der Waals surface area contributed by atoms with Crippen LogP contribution in [0, 0.1) is 13.8 Å². The summed E-state index contributed by atoms with van der Waals surface area (Å²) in [5.74, 6) is 1.34. The summed E-state index contributed by atoms with van der Waals surface area (Å²) in [6.45, 7) is 11.4. The lowest BCUT2D eigenvalue weighted by atomic mass is 10.1. The number of carbonyl (C=O) groups is 2. The van der Waals surface area contributed by atoms with Crippen molar-refractivity contribution < 1.29 is 14.3 Å². The van der Waals surface area contributed by atoms with E-state index in [9.17, 15) is 9.59 Å². The van der Waals surface area contributed by atoms with Crippen molar-refractivity contribution >= 4 is 11.8 Å². The first-order valence-corrected chi connectivity index (χ1v) is 11.2. The van der Waals surface area contributed by atoms with E-state index in [2.05, 4.69) is 39.8 Å². The summed E-state index contributed by atoms with van der Waals surface area (Å²) in [5, 5.41) is 0. The molecule has 1 aromatic carbocycles. The molecule has 2 amide bonds. The first kappa shape index (κ1) is 23.2. The van der Waals surface area contributed by atoms with Crippen LogP contribution in [-0.4, -0.2) is 53.9 Å². The summed E-state index contributed by atoms with van der Waals surface area (Å²) in [5.41, 5.74) is 2.32. The average Bonchev–Trinajstić information content (AvgIpc) is 2.71. The maximum atomic E-state index is 12.5. The van der Waals surface area contributed by atoms with E-state index in [0.717, 1.165) is 68.7 Å². The first-order valence-electron chi connectivity index (χ1n) is 11.2. The molecule has 0 radical (unpaired) electrons. The number of aryl methyl sites for hydroxylation is 2. The Bertz CT molecular complexity index is 640.